The van der Waals surface area contributed by atoms with Crippen molar-refractivity contribution in [2.24, 2.45) is 5.92 Å². The summed E-state index contributed by atoms with van der Waals surface area (Å²) in [5.74, 6) is -0.968. The fraction of sp³-hybridized carbons (Fsp3) is 0.407. The predicted molar refractivity (Wildman–Crippen MR) is 143 cm³/mol. The zero-order valence-electron chi connectivity index (χ0n) is 22.0. The minimum Gasteiger partial charge on any atom is -0.493 e. The van der Waals surface area contributed by atoms with Crippen LogP contribution in [-0.2, 0) is 19.6 Å². The second-order valence-corrected chi connectivity index (χ2v) is 11.7. The summed E-state index contributed by atoms with van der Waals surface area (Å²) in [5, 5.41) is 6.01. The fourth-order valence-corrected chi connectivity index (χ4v) is 5.87. The van der Waals surface area contributed by atoms with Gasteiger partial charge in [-0.15, -0.1) is 0 Å². The molecule has 1 aromatic carbocycles. The van der Waals surface area contributed by atoms with Gasteiger partial charge < -0.3 is 19.8 Å². The molecule has 3 heterocycles. The number of rotatable bonds is 9. The smallest absolute Gasteiger partial charge is 0.287 e. The van der Waals surface area contributed by atoms with Crippen molar-refractivity contribution in [3.63, 3.8) is 0 Å². The van der Waals surface area contributed by atoms with Crippen LogP contribution in [0.5, 0.6) is 5.75 Å². The number of ether oxygens (including phenoxy) is 1. The quantitative estimate of drug-likeness (QED) is 0.409. The number of furan rings is 1. The number of Topliss-reactive ketones (excluding diaryl/α,β-unsaturated/α-hetero) is 1. The van der Waals surface area contributed by atoms with E-state index in [0.717, 1.165) is 4.31 Å². The molecular weight excluding hydrogens is 524 g/mol. The maximum absolute atomic E-state index is 13.3. The first kappa shape index (κ1) is 28.2. The maximum Gasteiger partial charge on any atom is 0.287 e. The van der Waals surface area contributed by atoms with Crippen molar-refractivity contribution in [3.05, 3.63) is 54.4 Å². The number of methoxy groups -OCH3 is 1. The molecule has 1 aliphatic heterocycles. The van der Waals surface area contributed by atoms with Crippen molar-refractivity contribution in [2.45, 2.75) is 50.2 Å². The summed E-state index contributed by atoms with van der Waals surface area (Å²) >= 11 is 0. The van der Waals surface area contributed by atoms with Crippen LogP contribution >= 0.6 is 0 Å². The number of pyridine rings is 1. The molecule has 2 atom stereocenters. The normalized spacial score (nSPS) is 17.5. The number of sulfonamides is 1. The molecule has 2 N–H and O–H groups in total. The molecule has 0 unspecified atom stereocenters. The van der Waals surface area contributed by atoms with E-state index < -0.39 is 39.7 Å². The van der Waals surface area contributed by atoms with E-state index in [2.05, 4.69) is 15.6 Å². The average Bonchev–Trinajstić information content (AvgIpc) is 3.27. The Labute approximate surface area is 227 Å². The fourth-order valence-electron chi connectivity index (χ4n) is 4.50. The van der Waals surface area contributed by atoms with E-state index in [1.165, 1.54) is 19.4 Å². The van der Waals surface area contributed by atoms with E-state index in [-0.39, 0.29) is 36.2 Å². The van der Waals surface area contributed by atoms with Crippen LogP contribution in [0.3, 0.4) is 0 Å². The molecule has 11 nitrogen and oxygen atoms in total. The van der Waals surface area contributed by atoms with E-state index in [0.29, 0.717) is 29.6 Å². The van der Waals surface area contributed by atoms with Gasteiger partial charge in [0.2, 0.25) is 5.91 Å². The van der Waals surface area contributed by atoms with Crippen molar-refractivity contribution in [1.82, 2.24) is 19.9 Å². The number of carbonyl (C=O) groups is 3. The van der Waals surface area contributed by atoms with Crippen LogP contribution in [-0.4, -0.2) is 67.6 Å². The van der Waals surface area contributed by atoms with Crippen LogP contribution in [0.1, 0.15) is 43.7 Å². The van der Waals surface area contributed by atoms with Crippen molar-refractivity contribution in [3.8, 4) is 5.75 Å². The summed E-state index contributed by atoms with van der Waals surface area (Å²) in [6.45, 7) is 3.57. The molecule has 12 heteroatoms. The number of hydrogen-bond donors (Lipinski definition) is 2. The van der Waals surface area contributed by atoms with Gasteiger partial charge in [-0.1, -0.05) is 32.0 Å². The molecule has 1 fully saturated rings. The molecule has 0 saturated carbocycles. The first-order chi connectivity index (χ1) is 18.6. The summed E-state index contributed by atoms with van der Waals surface area (Å²) < 4.78 is 38.0. The van der Waals surface area contributed by atoms with Gasteiger partial charge in [-0.05, 0) is 49.4 Å². The Hall–Kier alpha value is -3.77. The van der Waals surface area contributed by atoms with Gasteiger partial charge in [0.1, 0.15) is 6.04 Å². The number of benzene rings is 1. The van der Waals surface area contributed by atoms with Crippen LogP contribution in [0.4, 0.5) is 0 Å². The second kappa shape index (κ2) is 12.0. The zero-order chi connectivity index (χ0) is 28.2. The first-order valence-corrected chi connectivity index (χ1v) is 14.2. The Morgan fingerprint density at radius 2 is 2.00 bits per heavy atom. The summed E-state index contributed by atoms with van der Waals surface area (Å²) in [5.41, 5.74) is 0.421. The summed E-state index contributed by atoms with van der Waals surface area (Å²) in [6, 6.07) is 9.58. The highest BCUT2D eigenvalue weighted by Crippen LogP contribution is 2.28. The van der Waals surface area contributed by atoms with E-state index in [1.807, 2.05) is 13.8 Å². The van der Waals surface area contributed by atoms with Crippen molar-refractivity contribution in [2.75, 3.05) is 20.2 Å². The highest BCUT2D eigenvalue weighted by Gasteiger charge is 2.35. The summed E-state index contributed by atoms with van der Waals surface area (Å²) in [4.78, 5) is 43.3. The lowest BCUT2D eigenvalue weighted by molar-refractivity contribution is -0.129. The number of ketones is 1. The minimum absolute atomic E-state index is 0.0250. The lowest BCUT2D eigenvalue weighted by atomic mass is 10.0. The first-order valence-electron chi connectivity index (χ1n) is 12.7. The monoisotopic (exact) mass is 556 g/mol. The van der Waals surface area contributed by atoms with Gasteiger partial charge in [0.05, 0.1) is 19.7 Å². The Bertz CT molecular complexity index is 1450. The summed E-state index contributed by atoms with van der Waals surface area (Å²) in [7, 11) is -2.45. The number of aromatic nitrogens is 1. The molecule has 3 aromatic rings. The van der Waals surface area contributed by atoms with Crippen molar-refractivity contribution in [1.29, 1.82) is 0 Å². The third kappa shape index (κ3) is 6.45. The Kier molecular flexibility index (Phi) is 8.66. The molecule has 39 heavy (non-hydrogen) atoms. The number of para-hydroxylation sites is 1. The predicted octanol–water partition coefficient (Wildman–Crippen LogP) is 2.52. The van der Waals surface area contributed by atoms with Gasteiger partial charge in [-0.25, -0.2) is 13.4 Å². The van der Waals surface area contributed by atoms with Gasteiger partial charge in [-0.3, -0.25) is 14.4 Å². The van der Waals surface area contributed by atoms with Crippen LogP contribution in [0.25, 0.3) is 11.0 Å². The van der Waals surface area contributed by atoms with Gasteiger partial charge in [0.15, 0.2) is 27.9 Å². The topological polar surface area (TPSA) is 148 Å². The molecule has 0 spiro atoms. The number of nitrogens with one attached hydrogen (secondary N) is 2. The third-order valence-electron chi connectivity index (χ3n) is 6.46. The molecule has 4 rings (SSSR count). The molecule has 2 aromatic heterocycles. The SMILES string of the molecule is COc1cccc2cc(C(=O)N[C@H](CC(C)C)C(=O)N[C@H]3CCCN(S(=O)(=O)c4ccccn4)CC3=O)oc12. The lowest BCUT2D eigenvalue weighted by Gasteiger charge is -2.23. The molecule has 0 radical (unpaired) electrons. The molecule has 208 valence electrons. The number of amides is 2. The Morgan fingerprint density at radius 1 is 1.21 bits per heavy atom. The molecule has 0 bridgehead atoms. The standard InChI is InChI=1S/C27H32N4O7S/c1-17(2)14-20(30-27(34)23-15-18-8-6-10-22(37-3)25(18)38-23)26(33)29-19-9-7-13-31(16-21(19)32)39(35,36)24-11-4-5-12-28-24/h4-6,8,10-12,15,17,19-20H,7,9,13-14,16H2,1-3H3,(H,29,33)(H,30,34)/t19-,20+/m0/s1. The second-order valence-electron chi connectivity index (χ2n) is 9.82. The number of hydrogen-bond acceptors (Lipinski definition) is 8. The van der Waals surface area contributed by atoms with E-state index in [9.17, 15) is 22.8 Å². The van der Waals surface area contributed by atoms with Crippen molar-refractivity contribution < 1.29 is 32.0 Å². The van der Waals surface area contributed by atoms with Gasteiger partial charge in [0.25, 0.3) is 15.9 Å². The van der Waals surface area contributed by atoms with E-state index in [4.69, 9.17) is 9.15 Å². The van der Waals surface area contributed by atoms with E-state index in [1.54, 1.807) is 36.4 Å². The van der Waals surface area contributed by atoms with Gasteiger partial charge >= 0.3 is 0 Å². The number of fused-ring (bicyclic) bond motifs is 1. The Morgan fingerprint density at radius 3 is 2.69 bits per heavy atom. The van der Waals surface area contributed by atoms with Crippen LogP contribution in [0.15, 0.2) is 58.1 Å². The Balaban J connectivity index is 1.45. The maximum atomic E-state index is 13.3. The molecule has 0 aliphatic carbocycles. The lowest BCUT2D eigenvalue weighted by Crippen LogP contribution is -2.52. The van der Waals surface area contributed by atoms with Gasteiger partial charge in [-0.2, -0.15) is 4.31 Å². The third-order valence-corrected chi connectivity index (χ3v) is 8.22. The van der Waals surface area contributed by atoms with Crippen molar-refractivity contribution >= 4 is 38.6 Å². The zero-order valence-corrected chi connectivity index (χ0v) is 22.9. The number of nitrogens with zero attached hydrogens (tertiary/aromatic N) is 2. The van der Waals surface area contributed by atoms with Crippen LogP contribution < -0.4 is 15.4 Å². The highest BCUT2D eigenvalue weighted by molar-refractivity contribution is 7.89. The molecule has 1 aliphatic rings. The van der Waals surface area contributed by atoms with Crippen LogP contribution in [0.2, 0.25) is 0 Å². The highest BCUT2D eigenvalue weighted by atomic mass is 32.2. The largest absolute Gasteiger partial charge is 0.493 e. The average molecular weight is 557 g/mol. The number of carbonyl (C=O) groups excluding carboxylic acids is 3. The van der Waals surface area contributed by atoms with Crippen LogP contribution in [0, 0.1) is 5.92 Å². The van der Waals surface area contributed by atoms with Gasteiger partial charge in [0, 0.05) is 18.1 Å². The summed E-state index contributed by atoms with van der Waals surface area (Å²) in [6.07, 6.45) is 2.33. The molecule has 2 amide bonds. The molecule has 1 saturated heterocycles. The minimum atomic E-state index is -3.95. The molecular formula is C27H32N4O7S. The van der Waals surface area contributed by atoms with E-state index >= 15 is 0 Å².